The number of piperidine rings is 1. The standard InChI is InChI=1S/C17H20N4O3/c1-20-11-13(9-15(20)22)17(23)21-7-4-14(5-8-21)24-16-12(10-18)3-2-6-19-16/h2-3,6,13-14H,4-5,7-9,11H2,1H3/t13-/m0/s1. The van der Waals surface area contributed by atoms with Crippen LogP contribution in [0.3, 0.4) is 0 Å². The third-order valence-electron chi connectivity index (χ3n) is 4.61. The lowest BCUT2D eigenvalue weighted by Gasteiger charge is -2.33. The molecule has 0 aliphatic carbocycles. The number of hydrogen-bond donors (Lipinski definition) is 0. The Morgan fingerprint density at radius 2 is 2.17 bits per heavy atom. The third kappa shape index (κ3) is 3.32. The summed E-state index contributed by atoms with van der Waals surface area (Å²) in [6.07, 6.45) is 3.25. The molecule has 2 amide bonds. The van der Waals surface area contributed by atoms with Gasteiger partial charge in [-0.25, -0.2) is 4.98 Å². The van der Waals surface area contributed by atoms with E-state index in [0.717, 1.165) is 0 Å². The van der Waals surface area contributed by atoms with Crippen LogP contribution in [0.2, 0.25) is 0 Å². The van der Waals surface area contributed by atoms with Gasteiger partial charge in [0, 0.05) is 52.1 Å². The summed E-state index contributed by atoms with van der Waals surface area (Å²) in [6.45, 7) is 1.72. The highest BCUT2D eigenvalue weighted by molar-refractivity contribution is 5.89. The molecule has 2 aliphatic heterocycles. The molecule has 0 unspecified atom stereocenters. The predicted octanol–water partition coefficient (Wildman–Crippen LogP) is 0.801. The van der Waals surface area contributed by atoms with Crippen LogP contribution in [0.5, 0.6) is 5.88 Å². The molecular weight excluding hydrogens is 308 g/mol. The van der Waals surface area contributed by atoms with Crippen molar-refractivity contribution >= 4 is 11.8 Å². The van der Waals surface area contributed by atoms with Gasteiger partial charge in [-0.3, -0.25) is 9.59 Å². The monoisotopic (exact) mass is 328 g/mol. The Morgan fingerprint density at radius 1 is 1.42 bits per heavy atom. The number of amides is 2. The Labute approximate surface area is 140 Å². The number of rotatable bonds is 3. The van der Waals surface area contributed by atoms with E-state index in [1.54, 1.807) is 30.3 Å². The number of ether oxygens (including phenoxy) is 1. The summed E-state index contributed by atoms with van der Waals surface area (Å²) in [4.78, 5) is 31.6. The van der Waals surface area contributed by atoms with E-state index < -0.39 is 0 Å². The number of nitrogens with zero attached hydrogens (tertiary/aromatic N) is 4. The zero-order chi connectivity index (χ0) is 17.1. The Bertz CT molecular complexity index is 677. The van der Waals surface area contributed by atoms with E-state index in [1.807, 2.05) is 4.90 Å². The van der Waals surface area contributed by atoms with Gasteiger partial charge in [-0.2, -0.15) is 5.26 Å². The minimum atomic E-state index is -0.221. The summed E-state index contributed by atoms with van der Waals surface area (Å²) in [5.41, 5.74) is 0.420. The van der Waals surface area contributed by atoms with Crippen molar-refractivity contribution in [3.63, 3.8) is 0 Å². The van der Waals surface area contributed by atoms with Crippen LogP contribution in [0.25, 0.3) is 0 Å². The van der Waals surface area contributed by atoms with Gasteiger partial charge < -0.3 is 14.5 Å². The highest BCUT2D eigenvalue weighted by Crippen LogP contribution is 2.23. The number of pyridine rings is 1. The number of carbonyl (C=O) groups is 2. The molecule has 7 nitrogen and oxygen atoms in total. The molecule has 0 radical (unpaired) electrons. The first-order valence-corrected chi connectivity index (χ1v) is 8.13. The van der Waals surface area contributed by atoms with Gasteiger partial charge in [-0.05, 0) is 12.1 Å². The molecule has 0 N–H and O–H groups in total. The molecule has 3 heterocycles. The molecule has 1 aromatic heterocycles. The number of nitriles is 1. The molecule has 24 heavy (non-hydrogen) atoms. The van der Waals surface area contributed by atoms with Gasteiger partial charge in [0.05, 0.1) is 5.92 Å². The van der Waals surface area contributed by atoms with Crippen LogP contribution in [0.4, 0.5) is 0 Å². The molecule has 7 heteroatoms. The Hall–Kier alpha value is -2.62. The molecule has 126 valence electrons. The lowest BCUT2D eigenvalue weighted by atomic mass is 10.0. The largest absolute Gasteiger partial charge is 0.473 e. The van der Waals surface area contributed by atoms with Crippen molar-refractivity contribution in [2.75, 3.05) is 26.7 Å². The molecule has 2 aliphatic rings. The molecule has 3 rings (SSSR count). The summed E-state index contributed by atoms with van der Waals surface area (Å²) < 4.78 is 5.83. The van der Waals surface area contributed by atoms with Gasteiger partial charge in [-0.1, -0.05) is 0 Å². The topological polar surface area (TPSA) is 86.5 Å². The highest BCUT2D eigenvalue weighted by Gasteiger charge is 2.36. The first-order valence-electron chi connectivity index (χ1n) is 8.13. The van der Waals surface area contributed by atoms with E-state index in [0.29, 0.717) is 50.3 Å². The molecule has 2 fully saturated rings. The number of carbonyl (C=O) groups excluding carboxylic acids is 2. The SMILES string of the molecule is CN1C[C@@H](C(=O)N2CCC(Oc3ncccc3C#N)CC2)CC1=O. The maximum atomic E-state index is 12.5. The normalized spacial score (nSPS) is 21.7. The zero-order valence-corrected chi connectivity index (χ0v) is 13.6. The summed E-state index contributed by atoms with van der Waals surface area (Å²) in [5, 5.41) is 9.07. The van der Waals surface area contributed by atoms with Crippen LogP contribution in [-0.2, 0) is 9.59 Å². The molecule has 0 spiro atoms. The van der Waals surface area contributed by atoms with Gasteiger partial charge in [0.1, 0.15) is 17.7 Å². The van der Waals surface area contributed by atoms with Gasteiger partial charge in [0.25, 0.3) is 0 Å². The third-order valence-corrected chi connectivity index (χ3v) is 4.61. The van der Waals surface area contributed by atoms with Gasteiger partial charge in [0.15, 0.2) is 0 Å². The number of hydrogen-bond acceptors (Lipinski definition) is 5. The van der Waals surface area contributed by atoms with Gasteiger partial charge in [0.2, 0.25) is 17.7 Å². The lowest BCUT2D eigenvalue weighted by Crippen LogP contribution is -2.44. The average Bonchev–Trinajstić information content (AvgIpc) is 2.94. The molecule has 0 aromatic carbocycles. The van der Waals surface area contributed by atoms with Crippen LogP contribution >= 0.6 is 0 Å². The molecule has 2 saturated heterocycles. The second-order valence-electron chi connectivity index (χ2n) is 6.29. The van der Waals surface area contributed by atoms with Crippen LogP contribution in [0.1, 0.15) is 24.8 Å². The Kier molecular flexibility index (Phi) is 4.65. The molecule has 1 aromatic rings. The van der Waals surface area contributed by atoms with Gasteiger partial charge in [-0.15, -0.1) is 0 Å². The summed E-state index contributed by atoms with van der Waals surface area (Å²) in [5.74, 6) is 0.223. The second-order valence-corrected chi connectivity index (χ2v) is 6.29. The van der Waals surface area contributed by atoms with Crippen LogP contribution in [0, 0.1) is 17.2 Å². The lowest BCUT2D eigenvalue weighted by molar-refractivity contribution is -0.137. The summed E-state index contributed by atoms with van der Waals surface area (Å²) in [7, 11) is 1.73. The fourth-order valence-corrected chi connectivity index (χ4v) is 3.21. The first-order chi connectivity index (χ1) is 11.6. The molecule has 0 bridgehead atoms. The predicted molar refractivity (Wildman–Crippen MR) is 84.9 cm³/mol. The van der Waals surface area contributed by atoms with Crippen molar-refractivity contribution < 1.29 is 14.3 Å². The van der Waals surface area contributed by atoms with Crippen molar-refractivity contribution in [3.8, 4) is 11.9 Å². The minimum Gasteiger partial charge on any atom is -0.473 e. The minimum absolute atomic E-state index is 0.0331. The van der Waals surface area contributed by atoms with Crippen molar-refractivity contribution in [1.29, 1.82) is 5.26 Å². The van der Waals surface area contributed by atoms with E-state index in [9.17, 15) is 9.59 Å². The van der Waals surface area contributed by atoms with Gasteiger partial charge >= 0.3 is 0 Å². The quantitative estimate of drug-likeness (QED) is 0.819. The Balaban J connectivity index is 1.54. The second kappa shape index (κ2) is 6.87. The van der Waals surface area contributed by atoms with Crippen LogP contribution in [0.15, 0.2) is 18.3 Å². The highest BCUT2D eigenvalue weighted by atomic mass is 16.5. The molecule has 0 saturated carbocycles. The van der Waals surface area contributed by atoms with Crippen LogP contribution < -0.4 is 4.74 Å². The smallest absolute Gasteiger partial charge is 0.231 e. The summed E-state index contributed by atoms with van der Waals surface area (Å²) in [6, 6.07) is 5.45. The van der Waals surface area contributed by atoms with E-state index in [2.05, 4.69) is 11.1 Å². The number of aromatic nitrogens is 1. The molecule has 1 atom stereocenters. The maximum absolute atomic E-state index is 12.5. The maximum Gasteiger partial charge on any atom is 0.231 e. The summed E-state index contributed by atoms with van der Waals surface area (Å²) >= 11 is 0. The van der Waals surface area contributed by atoms with Crippen molar-refractivity contribution in [2.45, 2.75) is 25.4 Å². The van der Waals surface area contributed by atoms with Crippen molar-refractivity contribution in [2.24, 2.45) is 5.92 Å². The fourth-order valence-electron chi connectivity index (χ4n) is 3.21. The molecular formula is C17H20N4O3. The van der Waals surface area contributed by atoms with E-state index in [-0.39, 0.29) is 23.8 Å². The van der Waals surface area contributed by atoms with Crippen molar-refractivity contribution in [1.82, 2.24) is 14.8 Å². The fraction of sp³-hybridized carbons (Fsp3) is 0.529. The number of likely N-dealkylation sites (tertiary alicyclic amines) is 2. The van der Waals surface area contributed by atoms with Crippen molar-refractivity contribution in [3.05, 3.63) is 23.9 Å². The first kappa shape index (κ1) is 16.2. The van der Waals surface area contributed by atoms with E-state index in [1.165, 1.54) is 0 Å². The average molecular weight is 328 g/mol. The van der Waals surface area contributed by atoms with E-state index >= 15 is 0 Å². The van der Waals surface area contributed by atoms with Crippen LogP contribution in [-0.4, -0.2) is 59.4 Å². The Morgan fingerprint density at radius 3 is 2.79 bits per heavy atom. The zero-order valence-electron chi connectivity index (χ0n) is 13.6. The van der Waals surface area contributed by atoms with E-state index in [4.69, 9.17) is 10.00 Å².